The molecule has 0 saturated heterocycles. The summed E-state index contributed by atoms with van der Waals surface area (Å²) in [6, 6.07) is 67.2. The lowest BCUT2D eigenvalue weighted by atomic mass is 9.86. The maximum absolute atomic E-state index is 11.1. The molecule has 0 aliphatic carbocycles. The van der Waals surface area contributed by atoms with Crippen molar-refractivity contribution < 1.29 is 17.7 Å². The molecule has 0 radical (unpaired) electrons. The summed E-state index contributed by atoms with van der Waals surface area (Å²) in [6.07, 6.45) is 0. The van der Waals surface area contributed by atoms with Crippen LogP contribution in [0.15, 0.2) is 200 Å². The molecular formula is C74H57N3O4. The maximum Gasteiger partial charge on any atom is 0.159 e. The Morgan fingerprint density at radius 3 is 1.48 bits per heavy atom. The minimum absolute atomic E-state index is 0.103. The Balaban J connectivity index is 0.861. The molecule has 0 atom stereocenters. The fourth-order valence-electron chi connectivity index (χ4n) is 12.8. The summed E-state index contributed by atoms with van der Waals surface area (Å²) >= 11 is 0. The van der Waals surface area contributed by atoms with Crippen molar-refractivity contribution in [3.05, 3.63) is 215 Å². The predicted octanol–water partition coefficient (Wildman–Crippen LogP) is 21.9. The van der Waals surface area contributed by atoms with Crippen LogP contribution >= 0.6 is 0 Å². The van der Waals surface area contributed by atoms with Crippen molar-refractivity contribution in [1.29, 1.82) is 5.26 Å². The first-order chi connectivity index (χ1) is 39.1. The Hall–Kier alpha value is -9.77. The van der Waals surface area contributed by atoms with Gasteiger partial charge in [0.25, 0.3) is 0 Å². The fourth-order valence-corrected chi connectivity index (χ4v) is 12.8. The summed E-state index contributed by atoms with van der Waals surface area (Å²) in [5.41, 5.74) is 18.1. The molecule has 4 aromatic heterocycles. The predicted molar refractivity (Wildman–Crippen MR) is 336 cm³/mol. The molecule has 0 fully saturated rings. The molecule has 0 amide bonds. The zero-order valence-electron chi connectivity index (χ0n) is 46.8. The van der Waals surface area contributed by atoms with Crippen molar-refractivity contribution in [2.45, 2.75) is 73.1 Å². The van der Waals surface area contributed by atoms with E-state index in [4.69, 9.17) is 17.7 Å². The zero-order chi connectivity index (χ0) is 55.4. The van der Waals surface area contributed by atoms with E-state index in [1.165, 1.54) is 11.1 Å². The number of hydrogen-bond acceptors (Lipinski definition) is 7. The second kappa shape index (κ2) is 17.4. The lowest BCUT2D eigenvalue weighted by Crippen LogP contribution is -2.13. The van der Waals surface area contributed by atoms with E-state index >= 15 is 0 Å². The van der Waals surface area contributed by atoms with Gasteiger partial charge in [0, 0.05) is 77.0 Å². The van der Waals surface area contributed by atoms with Crippen molar-refractivity contribution in [1.82, 2.24) is 0 Å². The molecule has 15 aromatic rings. The van der Waals surface area contributed by atoms with Crippen LogP contribution < -0.4 is 9.80 Å². The van der Waals surface area contributed by atoms with Crippen LogP contribution in [-0.4, -0.2) is 0 Å². The van der Waals surface area contributed by atoms with Gasteiger partial charge < -0.3 is 27.5 Å². The highest BCUT2D eigenvalue weighted by Gasteiger charge is 2.29. The number of hydrogen-bond donors (Lipinski definition) is 0. The molecule has 11 aromatic carbocycles. The number of fused-ring (bicyclic) bond motifs is 14. The summed E-state index contributed by atoms with van der Waals surface area (Å²) in [4.78, 5) is 4.65. The van der Waals surface area contributed by atoms with E-state index in [1.807, 2.05) is 6.07 Å². The van der Waals surface area contributed by atoms with E-state index in [-0.39, 0.29) is 10.8 Å². The Bertz CT molecular complexity index is 5220. The molecule has 7 heteroatoms. The van der Waals surface area contributed by atoms with E-state index in [1.54, 1.807) is 0 Å². The van der Waals surface area contributed by atoms with Gasteiger partial charge in [-0.2, -0.15) is 5.26 Å². The second-order valence-electron chi connectivity index (χ2n) is 24.2. The van der Waals surface area contributed by atoms with Crippen LogP contribution in [0.4, 0.5) is 34.1 Å². The van der Waals surface area contributed by atoms with Crippen LogP contribution in [0.1, 0.15) is 74.9 Å². The SMILES string of the molecule is Cc1ccccc1N(c1ccc2cc3c(cc2c1)oc1c(C#N)c2c(cc13)oc1cc3cc(N(c4ccccc4C)c4c(C)ccc5c4oc4c(C(C)(C)C)cccc45)ccc3cc12)c1cccc2c1oc1c(C(C)(C)C)cccc12. The lowest BCUT2D eigenvalue weighted by molar-refractivity contribution is 0.572. The van der Waals surface area contributed by atoms with Crippen molar-refractivity contribution in [3.8, 4) is 6.07 Å². The highest BCUT2D eigenvalue weighted by molar-refractivity contribution is 6.22. The van der Waals surface area contributed by atoms with Crippen molar-refractivity contribution in [3.63, 3.8) is 0 Å². The maximum atomic E-state index is 11.1. The number of nitrogens with zero attached hydrogens (tertiary/aromatic N) is 3. The molecule has 81 heavy (non-hydrogen) atoms. The molecule has 0 N–H and O–H groups in total. The third-order valence-corrected chi connectivity index (χ3v) is 16.8. The Morgan fingerprint density at radius 2 is 0.877 bits per heavy atom. The molecule has 15 rings (SSSR count). The highest BCUT2D eigenvalue weighted by Crippen LogP contribution is 2.50. The Labute approximate surface area is 468 Å². The largest absolute Gasteiger partial charge is 0.456 e. The van der Waals surface area contributed by atoms with Gasteiger partial charge in [-0.25, -0.2) is 0 Å². The third-order valence-electron chi connectivity index (χ3n) is 16.8. The van der Waals surface area contributed by atoms with Gasteiger partial charge in [0.2, 0.25) is 0 Å². The zero-order valence-corrected chi connectivity index (χ0v) is 46.8. The molecular weight excluding hydrogens is 995 g/mol. The number of aryl methyl sites for hydroxylation is 3. The normalized spacial score (nSPS) is 12.5. The van der Waals surface area contributed by atoms with E-state index in [0.717, 1.165) is 138 Å². The smallest absolute Gasteiger partial charge is 0.159 e. The number of para-hydroxylation sites is 5. The first-order valence-corrected chi connectivity index (χ1v) is 27.9. The van der Waals surface area contributed by atoms with Crippen LogP contribution in [-0.2, 0) is 10.8 Å². The van der Waals surface area contributed by atoms with Gasteiger partial charge in [-0.3, -0.25) is 0 Å². The second-order valence-corrected chi connectivity index (χ2v) is 24.2. The average Bonchev–Trinajstić information content (AvgIpc) is 4.34. The molecule has 0 spiro atoms. The minimum atomic E-state index is -0.107. The van der Waals surface area contributed by atoms with Crippen LogP contribution in [0.25, 0.3) is 109 Å². The number of benzene rings is 11. The van der Waals surface area contributed by atoms with Crippen molar-refractivity contribution in [2.75, 3.05) is 9.80 Å². The van der Waals surface area contributed by atoms with E-state index in [2.05, 4.69) is 254 Å². The van der Waals surface area contributed by atoms with Gasteiger partial charge in [-0.1, -0.05) is 151 Å². The minimum Gasteiger partial charge on any atom is -0.456 e. The Kier molecular flexibility index (Phi) is 10.4. The van der Waals surface area contributed by atoms with Gasteiger partial charge in [0.15, 0.2) is 16.7 Å². The lowest BCUT2D eigenvalue weighted by Gasteiger charge is -2.28. The molecule has 0 aliphatic heterocycles. The first-order valence-electron chi connectivity index (χ1n) is 27.9. The molecule has 7 nitrogen and oxygen atoms in total. The van der Waals surface area contributed by atoms with Gasteiger partial charge in [0.05, 0.1) is 11.4 Å². The van der Waals surface area contributed by atoms with Crippen LogP contribution in [0.2, 0.25) is 0 Å². The summed E-state index contributed by atoms with van der Waals surface area (Å²) in [6.45, 7) is 19.9. The summed E-state index contributed by atoms with van der Waals surface area (Å²) in [5, 5.41) is 22.9. The van der Waals surface area contributed by atoms with Gasteiger partial charge in [0.1, 0.15) is 39.5 Å². The van der Waals surface area contributed by atoms with Crippen molar-refractivity contribution >= 4 is 143 Å². The summed E-state index contributed by atoms with van der Waals surface area (Å²) in [7, 11) is 0. The number of furan rings is 4. The number of nitriles is 1. The summed E-state index contributed by atoms with van der Waals surface area (Å²) in [5.74, 6) is 0. The quantitative estimate of drug-likeness (QED) is 0.164. The van der Waals surface area contributed by atoms with E-state index < -0.39 is 0 Å². The number of anilines is 6. The topological polar surface area (TPSA) is 82.8 Å². The molecule has 0 unspecified atom stereocenters. The molecule has 4 heterocycles. The highest BCUT2D eigenvalue weighted by atomic mass is 16.3. The summed E-state index contributed by atoms with van der Waals surface area (Å²) < 4.78 is 27.7. The van der Waals surface area contributed by atoms with Crippen molar-refractivity contribution in [2.24, 2.45) is 0 Å². The van der Waals surface area contributed by atoms with Gasteiger partial charge in [-0.15, -0.1) is 0 Å². The van der Waals surface area contributed by atoms with Crippen LogP contribution in [0.3, 0.4) is 0 Å². The molecule has 392 valence electrons. The fraction of sp³-hybridized carbons (Fsp3) is 0.149. The standard InChI is InChI=1S/C74H57N3O4/c1-41-17-10-12-24-60(41)76(62-26-16-21-52-50-19-14-22-58(73(4,5)6)69(50)80-71(52)62)48-30-28-44-35-54-55-39-65-66(57(40-75)68(55)79-63(54)37-46(44)33-48)56-36-45-29-31-49(34-47(45)38-64(56)78-65)77(61-25-13-11-18-42(61)2)67-43(3)27-32-53-51-20-15-23-59(74(7,8)9)70(51)81-72(53)67/h10-39H,1-9H3. The van der Waals surface area contributed by atoms with Crippen LogP contribution in [0, 0.1) is 32.1 Å². The van der Waals surface area contributed by atoms with Crippen LogP contribution in [0.5, 0.6) is 0 Å². The molecule has 0 bridgehead atoms. The molecule has 0 aliphatic rings. The van der Waals surface area contributed by atoms with E-state index in [0.29, 0.717) is 27.9 Å². The monoisotopic (exact) mass is 1050 g/mol. The third kappa shape index (κ3) is 7.33. The molecule has 0 saturated carbocycles. The van der Waals surface area contributed by atoms with Gasteiger partial charge in [-0.05, 0) is 143 Å². The first kappa shape index (κ1) is 48.4. The average molecular weight is 1050 g/mol. The van der Waals surface area contributed by atoms with Gasteiger partial charge >= 0.3 is 0 Å². The Morgan fingerprint density at radius 1 is 0.358 bits per heavy atom. The number of rotatable bonds is 6. The van der Waals surface area contributed by atoms with E-state index in [9.17, 15) is 5.26 Å².